The van der Waals surface area contributed by atoms with Crippen molar-refractivity contribution < 1.29 is 14.3 Å². The molecular weight excluding hydrogens is 318 g/mol. The Hall–Kier alpha value is -2.22. The van der Waals surface area contributed by atoms with Crippen LogP contribution < -0.4 is 5.56 Å². The maximum absolute atomic E-state index is 12.6. The number of rotatable bonds is 4. The molecule has 0 N–H and O–H groups in total. The predicted molar refractivity (Wildman–Crippen MR) is 85.7 cm³/mol. The molecule has 1 aliphatic heterocycles. The highest BCUT2D eigenvalue weighted by atomic mass is 32.1. The molecule has 23 heavy (non-hydrogen) atoms. The average Bonchev–Trinajstić information content (AvgIpc) is 3.19. The Morgan fingerprint density at radius 3 is 2.78 bits per heavy atom. The van der Waals surface area contributed by atoms with E-state index in [2.05, 4.69) is 4.98 Å². The molecule has 1 saturated heterocycles. The third kappa shape index (κ3) is 2.98. The van der Waals surface area contributed by atoms with E-state index in [1.165, 1.54) is 22.2 Å². The molecular formula is C15H17N3O4S. The van der Waals surface area contributed by atoms with Gasteiger partial charge >= 0.3 is 5.97 Å². The van der Waals surface area contributed by atoms with Gasteiger partial charge in [0.2, 0.25) is 5.91 Å². The molecule has 1 amide bonds. The molecule has 1 fully saturated rings. The van der Waals surface area contributed by atoms with E-state index < -0.39 is 5.97 Å². The number of hydrogen-bond donors (Lipinski definition) is 0. The van der Waals surface area contributed by atoms with E-state index in [-0.39, 0.29) is 35.6 Å². The van der Waals surface area contributed by atoms with Crippen LogP contribution in [0.4, 0.5) is 0 Å². The molecule has 2 aromatic heterocycles. The van der Waals surface area contributed by atoms with Gasteiger partial charge in [0.1, 0.15) is 11.4 Å². The number of hydrogen-bond acceptors (Lipinski definition) is 6. The van der Waals surface area contributed by atoms with Crippen LogP contribution in [0.1, 0.15) is 30.1 Å². The fourth-order valence-electron chi connectivity index (χ4n) is 2.65. The summed E-state index contributed by atoms with van der Waals surface area (Å²) >= 11 is 1.21. The summed E-state index contributed by atoms with van der Waals surface area (Å²) in [6.45, 7) is 3.35. The first-order chi connectivity index (χ1) is 11.1. The number of amides is 1. The number of ether oxygens (including phenoxy) is 1. The molecule has 0 bridgehead atoms. The van der Waals surface area contributed by atoms with E-state index in [0.29, 0.717) is 4.83 Å². The highest BCUT2D eigenvalue weighted by molar-refractivity contribution is 7.17. The van der Waals surface area contributed by atoms with Crippen molar-refractivity contribution >= 4 is 33.4 Å². The van der Waals surface area contributed by atoms with Crippen molar-refractivity contribution in [3.63, 3.8) is 0 Å². The maximum Gasteiger partial charge on any atom is 0.339 e. The maximum atomic E-state index is 12.6. The summed E-state index contributed by atoms with van der Waals surface area (Å²) in [5, 5.41) is 1.80. The molecule has 0 radical (unpaired) electrons. The van der Waals surface area contributed by atoms with E-state index >= 15 is 0 Å². The van der Waals surface area contributed by atoms with Crippen molar-refractivity contribution in [2.24, 2.45) is 0 Å². The lowest BCUT2D eigenvalue weighted by Crippen LogP contribution is -2.34. The lowest BCUT2D eigenvalue weighted by Gasteiger charge is -2.15. The quantitative estimate of drug-likeness (QED) is 0.786. The van der Waals surface area contributed by atoms with Crippen LogP contribution in [0.5, 0.6) is 0 Å². The first kappa shape index (κ1) is 15.7. The molecule has 0 unspecified atom stereocenters. The van der Waals surface area contributed by atoms with Crippen LogP contribution in [-0.2, 0) is 16.1 Å². The van der Waals surface area contributed by atoms with Gasteiger partial charge in [-0.05, 0) is 19.8 Å². The van der Waals surface area contributed by atoms with Crippen LogP contribution >= 0.6 is 11.3 Å². The Morgan fingerprint density at radius 1 is 1.35 bits per heavy atom. The number of carbonyl (C=O) groups is 2. The van der Waals surface area contributed by atoms with Gasteiger partial charge in [-0.2, -0.15) is 0 Å². The van der Waals surface area contributed by atoms with E-state index in [0.717, 1.165) is 25.9 Å². The van der Waals surface area contributed by atoms with Crippen LogP contribution in [0.3, 0.4) is 0 Å². The smallest absolute Gasteiger partial charge is 0.339 e. The highest BCUT2D eigenvalue weighted by Gasteiger charge is 2.21. The van der Waals surface area contributed by atoms with Gasteiger partial charge in [0, 0.05) is 18.5 Å². The average molecular weight is 335 g/mol. The Labute approximate surface area is 136 Å². The van der Waals surface area contributed by atoms with Crippen molar-refractivity contribution in [2.75, 3.05) is 19.7 Å². The Bertz CT molecular complexity index is 805. The van der Waals surface area contributed by atoms with Gasteiger partial charge in [-0.25, -0.2) is 9.78 Å². The normalized spacial score (nSPS) is 14.4. The lowest BCUT2D eigenvalue weighted by atomic mass is 10.2. The molecule has 3 heterocycles. The Morgan fingerprint density at radius 2 is 2.09 bits per heavy atom. The third-order valence-corrected chi connectivity index (χ3v) is 4.71. The molecule has 3 rings (SSSR count). The molecule has 0 aliphatic carbocycles. The zero-order chi connectivity index (χ0) is 16.4. The molecule has 2 aromatic rings. The van der Waals surface area contributed by atoms with E-state index in [4.69, 9.17) is 4.74 Å². The molecule has 0 atom stereocenters. The predicted octanol–water partition coefficient (Wildman–Crippen LogP) is 1.26. The minimum absolute atomic E-state index is 0.0557. The summed E-state index contributed by atoms with van der Waals surface area (Å²) in [6.07, 6.45) is 3.36. The van der Waals surface area contributed by atoms with Crippen molar-refractivity contribution in [3.05, 3.63) is 27.6 Å². The number of fused-ring (bicyclic) bond motifs is 1. The summed E-state index contributed by atoms with van der Waals surface area (Å²) in [7, 11) is 0. The van der Waals surface area contributed by atoms with Gasteiger partial charge < -0.3 is 9.64 Å². The van der Waals surface area contributed by atoms with Crippen molar-refractivity contribution in [3.8, 4) is 0 Å². The summed E-state index contributed by atoms with van der Waals surface area (Å²) in [6, 6.07) is 0. The van der Waals surface area contributed by atoms with Crippen LogP contribution in [0.2, 0.25) is 0 Å². The SMILES string of the molecule is CCOC(=O)c1csc2ncn(CC(=O)N3CCCC3)c(=O)c12. The second-order valence-electron chi connectivity index (χ2n) is 5.32. The standard InChI is InChI=1S/C15H17N3O4S/c1-2-22-15(21)10-8-23-13-12(10)14(20)18(9-16-13)7-11(19)17-5-3-4-6-17/h8-9H,2-7H2,1H3. The number of thiophene rings is 1. The van der Waals surface area contributed by atoms with Crippen LogP contribution in [0.25, 0.3) is 10.2 Å². The zero-order valence-electron chi connectivity index (χ0n) is 12.8. The number of nitrogens with zero attached hydrogens (tertiary/aromatic N) is 3. The molecule has 0 aromatic carbocycles. The van der Waals surface area contributed by atoms with Crippen LogP contribution in [0, 0.1) is 0 Å². The number of esters is 1. The molecule has 8 heteroatoms. The highest BCUT2D eigenvalue weighted by Crippen LogP contribution is 2.21. The molecule has 122 valence electrons. The zero-order valence-corrected chi connectivity index (χ0v) is 13.6. The van der Waals surface area contributed by atoms with Gasteiger partial charge in [-0.3, -0.25) is 14.2 Å². The fourth-order valence-corrected chi connectivity index (χ4v) is 3.52. The van der Waals surface area contributed by atoms with Gasteiger partial charge in [0.15, 0.2) is 0 Å². The summed E-state index contributed by atoms with van der Waals surface area (Å²) in [5.74, 6) is -0.639. The number of aromatic nitrogens is 2. The lowest BCUT2D eigenvalue weighted by molar-refractivity contribution is -0.130. The topological polar surface area (TPSA) is 81.5 Å². The van der Waals surface area contributed by atoms with Gasteiger partial charge in [-0.1, -0.05) is 0 Å². The van der Waals surface area contributed by atoms with Crippen LogP contribution in [0.15, 0.2) is 16.5 Å². The summed E-state index contributed by atoms with van der Waals surface area (Å²) in [4.78, 5) is 43.2. The van der Waals surface area contributed by atoms with Gasteiger partial charge in [0.05, 0.1) is 23.9 Å². The van der Waals surface area contributed by atoms with Crippen molar-refractivity contribution in [1.82, 2.24) is 14.5 Å². The second-order valence-corrected chi connectivity index (χ2v) is 6.17. The van der Waals surface area contributed by atoms with E-state index in [1.807, 2.05) is 0 Å². The minimum Gasteiger partial charge on any atom is -0.462 e. The number of carbonyl (C=O) groups excluding carboxylic acids is 2. The second kappa shape index (κ2) is 6.49. The van der Waals surface area contributed by atoms with Gasteiger partial charge in [0.25, 0.3) is 5.56 Å². The van der Waals surface area contributed by atoms with E-state index in [1.54, 1.807) is 17.2 Å². The first-order valence-electron chi connectivity index (χ1n) is 7.53. The van der Waals surface area contributed by atoms with E-state index in [9.17, 15) is 14.4 Å². The monoisotopic (exact) mass is 335 g/mol. The Balaban J connectivity index is 1.94. The Kier molecular flexibility index (Phi) is 4.42. The summed E-state index contributed by atoms with van der Waals surface area (Å²) < 4.78 is 6.23. The first-order valence-corrected chi connectivity index (χ1v) is 8.41. The third-order valence-electron chi connectivity index (χ3n) is 3.82. The molecule has 0 spiro atoms. The summed E-state index contributed by atoms with van der Waals surface area (Å²) in [5.41, 5.74) is -0.167. The minimum atomic E-state index is -0.540. The number of likely N-dealkylation sites (tertiary alicyclic amines) is 1. The van der Waals surface area contributed by atoms with Crippen LogP contribution in [-0.4, -0.2) is 46.0 Å². The fraction of sp³-hybridized carbons (Fsp3) is 0.467. The molecule has 1 aliphatic rings. The molecule has 0 saturated carbocycles. The van der Waals surface area contributed by atoms with Gasteiger partial charge in [-0.15, -0.1) is 11.3 Å². The molecule has 7 nitrogen and oxygen atoms in total. The van der Waals surface area contributed by atoms with Crippen molar-refractivity contribution in [1.29, 1.82) is 0 Å². The largest absolute Gasteiger partial charge is 0.462 e. The van der Waals surface area contributed by atoms with Crippen molar-refractivity contribution in [2.45, 2.75) is 26.3 Å².